The van der Waals surface area contributed by atoms with Gasteiger partial charge < -0.3 is 4.98 Å². The minimum atomic E-state index is -3.11. The Labute approximate surface area is 123 Å². The summed E-state index contributed by atoms with van der Waals surface area (Å²) in [6.45, 7) is 2.02. The van der Waals surface area contributed by atoms with E-state index in [1.165, 1.54) is 11.8 Å². The Morgan fingerprint density at radius 2 is 2.05 bits per heavy atom. The minimum absolute atomic E-state index is 0.108. The van der Waals surface area contributed by atoms with Crippen LogP contribution in [-0.4, -0.2) is 36.4 Å². The van der Waals surface area contributed by atoms with Crippen molar-refractivity contribution < 1.29 is 8.42 Å². The molecule has 0 radical (unpaired) electrons. The van der Waals surface area contributed by atoms with Gasteiger partial charge in [0.2, 0.25) is 10.0 Å². The molecular formula is C13H17N3O2S2. The fourth-order valence-electron chi connectivity index (χ4n) is 1.59. The third-order valence-electron chi connectivity index (χ3n) is 2.68. The highest BCUT2D eigenvalue weighted by Crippen LogP contribution is 2.20. The zero-order chi connectivity index (χ0) is 14.4. The fraction of sp³-hybridized carbons (Fsp3) is 0.308. The molecule has 5 nitrogen and oxygen atoms in total. The largest absolute Gasteiger partial charge is 0.333 e. The van der Waals surface area contributed by atoms with Crippen LogP contribution in [0.4, 0.5) is 0 Å². The summed E-state index contributed by atoms with van der Waals surface area (Å²) in [5.74, 6) is 0.748. The quantitative estimate of drug-likeness (QED) is 0.606. The lowest BCUT2D eigenvalue weighted by atomic mass is 10.2. The lowest BCUT2D eigenvalue weighted by Crippen LogP contribution is -2.27. The van der Waals surface area contributed by atoms with Gasteiger partial charge >= 0.3 is 0 Å². The van der Waals surface area contributed by atoms with E-state index in [-0.39, 0.29) is 5.75 Å². The first-order chi connectivity index (χ1) is 9.61. The van der Waals surface area contributed by atoms with E-state index in [2.05, 4.69) is 14.7 Å². The normalized spacial score (nSPS) is 11.7. The maximum atomic E-state index is 11.3. The number of aromatic nitrogens is 2. The van der Waals surface area contributed by atoms with Gasteiger partial charge in [0, 0.05) is 12.3 Å². The van der Waals surface area contributed by atoms with Crippen molar-refractivity contribution in [1.82, 2.24) is 14.7 Å². The molecule has 0 bridgehead atoms. The monoisotopic (exact) mass is 311 g/mol. The van der Waals surface area contributed by atoms with Crippen molar-refractivity contribution in [2.45, 2.75) is 12.1 Å². The van der Waals surface area contributed by atoms with Gasteiger partial charge in [0.15, 0.2) is 5.16 Å². The van der Waals surface area contributed by atoms with E-state index >= 15 is 0 Å². The molecule has 2 N–H and O–H groups in total. The SMILES string of the molecule is CCS(=O)(=O)NCCSc1ncc(-c2ccccc2)[nH]1. The Bertz CT molecular complexity index is 639. The highest BCUT2D eigenvalue weighted by Gasteiger charge is 2.06. The number of H-pyrrole nitrogens is 1. The summed E-state index contributed by atoms with van der Waals surface area (Å²) in [5, 5.41) is 0.791. The van der Waals surface area contributed by atoms with Gasteiger partial charge in [-0.15, -0.1) is 0 Å². The van der Waals surface area contributed by atoms with Crippen LogP contribution in [0.3, 0.4) is 0 Å². The van der Waals surface area contributed by atoms with Crippen molar-refractivity contribution in [1.29, 1.82) is 0 Å². The first-order valence-electron chi connectivity index (χ1n) is 6.31. The number of imidazole rings is 1. The maximum Gasteiger partial charge on any atom is 0.211 e. The summed E-state index contributed by atoms with van der Waals surface area (Å²) < 4.78 is 25.0. The highest BCUT2D eigenvalue weighted by molar-refractivity contribution is 7.99. The average molecular weight is 311 g/mol. The van der Waals surface area contributed by atoms with E-state index in [4.69, 9.17) is 0 Å². The smallest absolute Gasteiger partial charge is 0.211 e. The number of sulfonamides is 1. The molecule has 2 aromatic rings. The van der Waals surface area contributed by atoms with Gasteiger partial charge in [0.05, 0.1) is 17.6 Å². The van der Waals surface area contributed by atoms with Crippen LogP contribution >= 0.6 is 11.8 Å². The number of thioether (sulfide) groups is 1. The number of hydrogen-bond acceptors (Lipinski definition) is 4. The standard InChI is InChI=1S/C13H17N3O2S2/c1-2-20(17,18)15-8-9-19-13-14-10-12(16-13)11-6-4-3-5-7-11/h3-7,10,15H,2,8-9H2,1H3,(H,14,16). The Morgan fingerprint density at radius 3 is 2.75 bits per heavy atom. The summed E-state index contributed by atoms with van der Waals surface area (Å²) >= 11 is 1.49. The Kier molecular flexibility index (Phi) is 5.22. The molecule has 0 aliphatic heterocycles. The zero-order valence-corrected chi connectivity index (χ0v) is 12.8. The van der Waals surface area contributed by atoms with Gasteiger partial charge in [0.1, 0.15) is 0 Å². The minimum Gasteiger partial charge on any atom is -0.333 e. The van der Waals surface area contributed by atoms with Crippen molar-refractivity contribution in [3.8, 4) is 11.3 Å². The van der Waals surface area contributed by atoms with Crippen LogP contribution in [0.5, 0.6) is 0 Å². The van der Waals surface area contributed by atoms with E-state index in [1.807, 2.05) is 30.3 Å². The predicted octanol–water partition coefficient (Wildman–Crippen LogP) is 2.11. The fourth-order valence-corrected chi connectivity index (χ4v) is 3.04. The Hall–Kier alpha value is -1.31. The summed E-state index contributed by atoms with van der Waals surface area (Å²) in [6, 6.07) is 9.94. The summed E-state index contributed by atoms with van der Waals surface area (Å²) in [7, 11) is -3.11. The van der Waals surface area contributed by atoms with Gasteiger partial charge in [-0.2, -0.15) is 0 Å². The summed E-state index contributed by atoms with van der Waals surface area (Å²) in [5.41, 5.74) is 2.04. The molecule has 2 rings (SSSR count). The molecule has 0 spiro atoms. The van der Waals surface area contributed by atoms with E-state index in [0.717, 1.165) is 16.4 Å². The van der Waals surface area contributed by atoms with Crippen LogP contribution in [0.25, 0.3) is 11.3 Å². The van der Waals surface area contributed by atoms with E-state index < -0.39 is 10.0 Å². The van der Waals surface area contributed by atoms with Crippen LogP contribution in [0, 0.1) is 0 Å². The second-order valence-electron chi connectivity index (χ2n) is 4.11. The lowest BCUT2D eigenvalue weighted by Gasteiger charge is -2.02. The molecule has 1 aromatic heterocycles. The van der Waals surface area contributed by atoms with Crippen LogP contribution < -0.4 is 4.72 Å². The molecule has 0 atom stereocenters. The van der Waals surface area contributed by atoms with Gasteiger partial charge in [-0.05, 0) is 12.5 Å². The van der Waals surface area contributed by atoms with Gasteiger partial charge in [-0.1, -0.05) is 42.1 Å². The molecule has 0 saturated carbocycles. The van der Waals surface area contributed by atoms with E-state index in [9.17, 15) is 8.42 Å². The Morgan fingerprint density at radius 1 is 1.30 bits per heavy atom. The van der Waals surface area contributed by atoms with Crippen molar-refractivity contribution in [3.05, 3.63) is 36.5 Å². The lowest BCUT2D eigenvalue weighted by molar-refractivity contribution is 0.585. The first-order valence-corrected chi connectivity index (χ1v) is 8.95. The summed E-state index contributed by atoms with van der Waals surface area (Å²) in [4.78, 5) is 7.49. The van der Waals surface area contributed by atoms with Crippen molar-refractivity contribution >= 4 is 21.8 Å². The summed E-state index contributed by atoms with van der Waals surface area (Å²) in [6.07, 6.45) is 1.79. The number of aromatic amines is 1. The van der Waals surface area contributed by atoms with Gasteiger partial charge in [-0.25, -0.2) is 18.1 Å². The van der Waals surface area contributed by atoms with Crippen LogP contribution in [0.1, 0.15) is 6.92 Å². The van der Waals surface area contributed by atoms with Gasteiger partial charge in [0.25, 0.3) is 0 Å². The molecule has 0 saturated heterocycles. The average Bonchev–Trinajstić information content (AvgIpc) is 2.93. The number of hydrogen-bond donors (Lipinski definition) is 2. The molecule has 0 amide bonds. The molecule has 7 heteroatoms. The van der Waals surface area contributed by atoms with Crippen LogP contribution in [0.2, 0.25) is 0 Å². The van der Waals surface area contributed by atoms with Crippen LogP contribution in [-0.2, 0) is 10.0 Å². The Balaban J connectivity index is 1.85. The molecule has 108 valence electrons. The third-order valence-corrected chi connectivity index (χ3v) is 4.97. The molecule has 1 aromatic carbocycles. The third kappa shape index (κ3) is 4.36. The van der Waals surface area contributed by atoms with E-state index in [1.54, 1.807) is 13.1 Å². The van der Waals surface area contributed by atoms with Crippen molar-refractivity contribution in [2.75, 3.05) is 18.1 Å². The maximum absolute atomic E-state index is 11.3. The molecule has 20 heavy (non-hydrogen) atoms. The van der Waals surface area contributed by atoms with Crippen LogP contribution in [0.15, 0.2) is 41.7 Å². The molecule has 1 heterocycles. The number of benzene rings is 1. The molecule has 0 unspecified atom stereocenters. The van der Waals surface area contributed by atoms with Gasteiger partial charge in [-0.3, -0.25) is 0 Å². The number of nitrogens with one attached hydrogen (secondary N) is 2. The zero-order valence-electron chi connectivity index (χ0n) is 11.2. The molecule has 0 fully saturated rings. The predicted molar refractivity (Wildman–Crippen MR) is 82.2 cm³/mol. The topological polar surface area (TPSA) is 74.8 Å². The highest BCUT2D eigenvalue weighted by atomic mass is 32.2. The van der Waals surface area contributed by atoms with E-state index in [0.29, 0.717) is 12.3 Å². The number of rotatable bonds is 7. The molecular weight excluding hydrogens is 294 g/mol. The molecule has 0 aliphatic rings. The first kappa shape index (κ1) is 15.1. The number of nitrogens with zero attached hydrogens (tertiary/aromatic N) is 1. The van der Waals surface area contributed by atoms with Crippen molar-refractivity contribution in [3.63, 3.8) is 0 Å². The molecule has 0 aliphatic carbocycles. The van der Waals surface area contributed by atoms with Crippen molar-refractivity contribution in [2.24, 2.45) is 0 Å². The second kappa shape index (κ2) is 6.92. The second-order valence-corrected chi connectivity index (χ2v) is 7.29.